The molecule has 1 unspecified atom stereocenters. The second-order valence-electron chi connectivity index (χ2n) is 7.75. The van der Waals surface area contributed by atoms with Crippen molar-refractivity contribution in [2.45, 2.75) is 6.04 Å². The number of hydrogen-bond donors (Lipinski definition) is 1. The molecule has 1 aromatic heterocycles. The fraction of sp³-hybridized carbons (Fsp3) is 0.115. The predicted molar refractivity (Wildman–Crippen MR) is 130 cm³/mol. The summed E-state index contributed by atoms with van der Waals surface area (Å²) in [7, 11) is 3.05. The summed E-state index contributed by atoms with van der Waals surface area (Å²) in [6.45, 7) is 0. The van der Waals surface area contributed by atoms with Crippen LogP contribution < -0.4 is 14.4 Å². The molecule has 1 N–H and O–H groups in total. The van der Waals surface area contributed by atoms with E-state index in [0.717, 1.165) is 9.60 Å². The van der Waals surface area contributed by atoms with E-state index in [2.05, 4.69) is 4.98 Å². The third-order valence-electron chi connectivity index (χ3n) is 5.80. The van der Waals surface area contributed by atoms with Gasteiger partial charge in [-0.2, -0.15) is 0 Å². The highest BCUT2D eigenvalue weighted by Gasteiger charge is 2.49. The molecule has 1 amide bonds. The van der Waals surface area contributed by atoms with Crippen LogP contribution in [-0.2, 0) is 9.59 Å². The lowest BCUT2D eigenvalue weighted by Crippen LogP contribution is -2.29. The molecule has 2 heterocycles. The van der Waals surface area contributed by atoms with E-state index >= 15 is 4.39 Å². The molecular formula is C26H19FN2O5S. The van der Waals surface area contributed by atoms with Crippen molar-refractivity contribution in [1.82, 2.24) is 4.98 Å². The standard InChI is InChI=1S/C26H19FN2O5S/c1-33-15-9-7-14(8-10-15)23(30)21-22(17-5-3-4-6-18(17)27)29(25(32)24(21)31)26-28-19-12-11-16(34-2)13-20(19)35-26/h3-13,22,30H,1-2H3/b23-21+. The van der Waals surface area contributed by atoms with E-state index in [0.29, 0.717) is 22.6 Å². The molecule has 35 heavy (non-hydrogen) atoms. The number of hydrogen-bond acceptors (Lipinski definition) is 7. The molecule has 0 radical (unpaired) electrons. The van der Waals surface area contributed by atoms with E-state index in [9.17, 15) is 14.7 Å². The topological polar surface area (TPSA) is 89.0 Å². The number of amides is 1. The smallest absolute Gasteiger partial charge is 0.301 e. The highest BCUT2D eigenvalue weighted by Crippen LogP contribution is 2.45. The predicted octanol–water partition coefficient (Wildman–Crippen LogP) is 5.08. The van der Waals surface area contributed by atoms with Crippen LogP contribution in [0.2, 0.25) is 0 Å². The van der Waals surface area contributed by atoms with Crippen LogP contribution in [0, 0.1) is 5.82 Å². The van der Waals surface area contributed by atoms with E-state index in [1.165, 1.54) is 36.6 Å². The molecule has 0 aliphatic carbocycles. The lowest BCUT2D eigenvalue weighted by atomic mass is 9.95. The van der Waals surface area contributed by atoms with Crippen molar-refractivity contribution >= 4 is 44.1 Å². The summed E-state index contributed by atoms with van der Waals surface area (Å²) in [5, 5.41) is 11.4. The summed E-state index contributed by atoms with van der Waals surface area (Å²) in [4.78, 5) is 32.2. The quantitative estimate of drug-likeness (QED) is 0.239. The van der Waals surface area contributed by atoms with Crippen LogP contribution in [-0.4, -0.2) is 36.0 Å². The van der Waals surface area contributed by atoms with Gasteiger partial charge in [0.05, 0.1) is 30.0 Å². The number of ketones is 1. The van der Waals surface area contributed by atoms with Crippen LogP contribution in [0.25, 0.3) is 16.0 Å². The van der Waals surface area contributed by atoms with E-state index < -0.39 is 29.3 Å². The molecule has 3 aromatic carbocycles. The minimum atomic E-state index is -1.21. The molecule has 1 fully saturated rings. The number of Topliss-reactive ketones (excluding diaryl/α,β-unsaturated/α-hetero) is 1. The fourth-order valence-corrected chi connectivity index (χ4v) is 5.07. The van der Waals surface area contributed by atoms with Gasteiger partial charge in [0.25, 0.3) is 5.78 Å². The van der Waals surface area contributed by atoms with Gasteiger partial charge in [0.2, 0.25) is 0 Å². The van der Waals surface area contributed by atoms with E-state index in [1.54, 1.807) is 55.6 Å². The lowest BCUT2D eigenvalue weighted by molar-refractivity contribution is -0.132. The number of anilines is 1. The van der Waals surface area contributed by atoms with Crippen molar-refractivity contribution < 1.29 is 28.6 Å². The van der Waals surface area contributed by atoms with Gasteiger partial charge in [-0.15, -0.1) is 0 Å². The van der Waals surface area contributed by atoms with Crippen LogP contribution in [0.15, 0.2) is 72.3 Å². The number of benzene rings is 3. The number of carbonyl (C=O) groups is 2. The maximum atomic E-state index is 15.0. The third kappa shape index (κ3) is 3.79. The minimum Gasteiger partial charge on any atom is -0.507 e. The molecule has 1 atom stereocenters. The summed E-state index contributed by atoms with van der Waals surface area (Å²) in [5.41, 5.74) is 0.731. The van der Waals surface area contributed by atoms with Crippen LogP contribution in [0.4, 0.5) is 9.52 Å². The van der Waals surface area contributed by atoms with Gasteiger partial charge in [-0.05, 0) is 48.5 Å². The Morgan fingerprint density at radius 3 is 2.37 bits per heavy atom. The zero-order chi connectivity index (χ0) is 24.7. The molecular weight excluding hydrogens is 471 g/mol. The van der Waals surface area contributed by atoms with Gasteiger partial charge in [0, 0.05) is 11.1 Å². The highest BCUT2D eigenvalue weighted by molar-refractivity contribution is 7.22. The van der Waals surface area contributed by atoms with E-state index in [-0.39, 0.29) is 16.3 Å². The molecule has 0 bridgehead atoms. The molecule has 9 heteroatoms. The molecule has 0 spiro atoms. The average Bonchev–Trinajstić information content (AvgIpc) is 3.41. The SMILES string of the molecule is COc1ccc(/C(O)=C2\C(=O)C(=O)N(c3nc4ccc(OC)cc4s3)C2c2ccccc2F)cc1. The summed E-state index contributed by atoms with van der Waals surface area (Å²) in [6, 6.07) is 16.2. The van der Waals surface area contributed by atoms with Crippen LogP contribution in [0.3, 0.4) is 0 Å². The number of ether oxygens (including phenoxy) is 2. The number of methoxy groups -OCH3 is 2. The first-order valence-electron chi connectivity index (χ1n) is 10.6. The molecule has 1 saturated heterocycles. The minimum absolute atomic E-state index is 0.0681. The molecule has 1 aliphatic rings. The zero-order valence-corrected chi connectivity index (χ0v) is 19.5. The normalized spacial score (nSPS) is 17.2. The lowest BCUT2D eigenvalue weighted by Gasteiger charge is -2.23. The van der Waals surface area contributed by atoms with Crippen molar-refractivity contribution in [3.05, 3.63) is 89.2 Å². The highest BCUT2D eigenvalue weighted by atomic mass is 32.1. The maximum Gasteiger partial charge on any atom is 0.301 e. The van der Waals surface area contributed by atoms with Crippen molar-refractivity contribution in [2.75, 3.05) is 19.1 Å². The fourth-order valence-electron chi connectivity index (χ4n) is 4.05. The Bertz CT molecular complexity index is 1500. The number of aromatic nitrogens is 1. The van der Waals surface area contributed by atoms with Gasteiger partial charge < -0.3 is 14.6 Å². The number of halogens is 1. The van der Waals surface area contributed by atoms with Crippen molar-refractivity contribution in [2.24, 2.45) is 0 Å². The van der Waals surface area contributed by atoms with Crippen molar-refractivity contribution in [1.29, 1.82) is 0 Å². The average molecular weight is 491 g/mol. The van der Waals surface area contributed by atoms with Gasteiger partial charge in [-0.1, -0.05) is 29.5 Å². The summed E-state index contributed by atoms with van der Waals surface area (Å²) in [5.74, 6) is -1.70. The Kier molecular flexibility index (Phi) is 5.70. The van der Waals surface area contributed by atoms with Gasteiger partial charge in [0.1, 0.15) is 29.1 Å². The monoisotopic (exact) mass is 490 g/mol. The molecule has 1 aliphatic heterocycles. The number of rotatable bonds is 5. The van der Waals surface area contributed by atoms with E-state index in [4.69, 9.17) is 9.47 Å². The molecule has 7 nitrogen and oxygen atoms in total. The Hall–Kier alpha value is -4.24. The summed E-state index contributed by atoms with van der Waals surface area (Å²) in [6.07, 6.45) is 0. The largest absolute Gasteiger partial charge is 0.507 e. The Morgan fingerprint density at radius 1 is 1.00 bits per heavy atom. The number of thiazole rings is 1. The number of fused-ring (bicyclic) bond motifs is 1. The number of aliphatic hydroxyl groups excluding tert-OH is 1. The second-order valence-corrected chi connectivity index (χ2v) is 8.76. The van der Waals surface area contributed by atoms with Crippen molar-refractivity contribution in [3.63, 3.8) is 0 Å². The van der Waals surface area contributed by atoms with Gasteiger partial charge in [-0.3, -0.25) is 14.5 Å². The first kappa shape index (κ1) is 22.5. The summed E-state index contributed by atoms with van der Waals surface area (Å²) < 4.78 is 26.2. The van der Waals surface area contributed by atoms with Gasteiger partial charge in [-0.25, -0.2) is 9.37 Å². The third-order valence-corrected chi connectivity index (χ3v) is 6.82. The van der Waals surface area contributed by atoms with Crippen molar-refractivity contribution in [3.8, 4) is 11.5 Å². The Balaban J connectivity index is 1.72. The Morgan fingerprint density at radius 2 is 1.69 bits per heavy atom. The second kappa shape index (κ2) is 8.84. The molecule has 4 aromatic rings. The first-order valence-corrected chi connectivity index (χ1v) is 11.4. The number of nitrogens with zero attached hydrogens (tertiary/aromatic N) is 2. The molecule has 0 saturated carbocycles. The van der Waals surface area contributed by atoms with Gasteiger partial charge in [0.15, 0.2) is 5.13 Å². The van der Waals surface area contributed by atoms with Gasteiger partial charge >= 0.3 is 5.91 Å². The molecule has 5 rings (SSSR count). The summed E-state index contributed by atoms with van der Waals surface area (Å²) >= 11 is 1.17. The maximum absolute atomic E-state index is 15.0. The number of aliphatic hydroxyl groups is 1. The van der Waals surface area contributed by atoms with Crippen LogP contribution in [0.1, 0.15) is 17.2 Å². The zero-order valence-electron chi connectivity index (χ0n) is 18.7. The molecule has 176 valence electrons. The van der Waals surface area contributed by atoms with Crippen LogP contribution >= 0.6 is 11.3 Å². The Labute approximate surface area is 203 Å². The first-order chi connectivity index (χ1) is 16.9. The van der Waals surface area contributed by atoms with Crippen LogP contribution in [0.5, 0.6) is 11.5 Å². The number of carbonyl (C=O) groups excluding carboxylic acids is 2. The van der Waals surface area contributed by atoms with E-state index in [1.807, 2.05) is 0 Å².